The maximum Gasteiger partial charge on any atom is 0.155 e. The van der Waals surface area contributed by atoms with E-state index < -0.39 is 26.6 Å². The molecular formula is C15H25NO3S. The molecule has 2 unspecified atom stereocenters. The Morgan fingerprint density at radius 1 is 1.25 bits per heavy atom. The van der Waals surface area contributed by atoms with Crippen LogP contribution >= 0.6 is 0 Å². The first kappa shape index (κ1) is 17.1. The van der Waals surface area contributed by atoms with E-state index in [-0.39, 0.29) is 6.54 Å². The van der Waals surface area contributed by atoms with Gasteiger partial charge in [-0.25, -0.2) is 8.42 Å². The molecule has 20 heavy (non-hydrogen) atoms. The SMILES string of the molecule is Cc1ccc(C(CN)C(O)C(C)(C)S(C)(=O)=O)cc1C. The van der Waals surface area contributed by atoms with Crippen molar-refractivity contribution in [2.75, 3.05) is 12.8 Å². The highest BCUT2D eigenvalue weighted by molar-refractivity contribution is 7.92. The van der Waals surface area contributed by atoms with Crippen molar-refractivity contribution in [1.29, 1.82) is 0 Å². The van der Waals surface area contributed by atoms with Crippen molar-refractivity contribution in [1.82, 2.24) is 0 Å². The summed E-state index contributed by atoms with van der Waals surface area (Å²) in [6.45, 7) is 7.27. The van der Waals surface area contributed by atoms with Crippen molar-refractivity contribution >= 4 is 9.84 Å². The lowest BCUT2D eigenvalue weighted by atomic mass is 9.85. The van der Waals surface area contributed by atoms with E-state index in [1.807, 2.05) is 32.0 Å². The van der Waals surface area contributed by atoms with E-state index >= 15 is 0 Å². The smallest absolute Gasteiger partial charge is 0.155 e. The first-order valence-corrected chi connectivity index (χ1v) is 8.56. The molecule has 0 radical (unpaired) electrons. The number of hydrogen-bond donors (Lipinski definition) is 2. The fourth-order valence-electron chi connectivity index (χ4n) is 2.15. The number of aliphatic hydroxyl groups excluding tert-OH is 1. The van der Waals surface area contributed by atoms with Gasteiger partial charge in [0.1, 0.15) is 0 Å². The van der Waals surface area contributed by atoms with Crippen LogP contribution in [-0.2, 0) is 9.84 Å². The molecule has 0 fully saturated rings. The molecule has 114 valence electrons. The molecule has 0 spiro atoms. The van der Waals surface area contributed by atoms with E-state index in [9.17, 15) is 13.5 Å². The second-order valence-corrected chi connectivity index (χ2v) is 8.60. The normalized spacial score (nSPS) is 15.9. The molecule has 3 N–H and O–H groups in total. The van der Waals surface area contributed by atoms with Crippen molar-refractivity contribution in [2.24, 2.45) is 5.73 Å². The number of aryl methyl sites for hydroxylation is 2. The van der Waals surface area contributed by atoms with Crippen LogP contribution in [-0.4, -0.2) is 37.2 Å². The highest BCUT2D eigenvalue weighted by Crippen LogP contribution is 2.31. The fourth-order valence-corrected chi connectivity index (χ4v) is 2.75. The topological polar surface area (TPSA) is 80.4 Å². The lowest BCUT2D eigenvalue weighted by Crippen LogP contribution is -2.48. The second-order valence-electron chi connectivity index (χ2n) is 6.01. The Hall–Kier alpha value is -0.910. The van der Waals surface area contributed by atoms with Crippen LogP contribution in [0.3, 0.4) is 0 Å². The Morgan fingerprint density at radius 3 is 2.20 bits per heavy atom. The standard InChI is InChI=1S/C15H25NO3S/c1-10-6-7-12(8-11(10)2)13(9-16)14(17)15(3,4)20(5,18)19/h6-8,13-14,17H,9,16H2,1-5H3. The summed E-state index contributed by atoms with van der Waals surface area (Å²) in [7, 11) is -3.39. The van der Waals surface area contributed by atoms with Gasteiger partial charge in [0.25, 0.3) is 0 Å². The zero-order chi connectivity index (χ0) is 15.7. The molecule has 0 saturated carbocycles. The van der Waals surface area contributed by atoms with E-state index in [1.54, 1.807) is 0 Å². The zero-order valence-electron chi connectivity index (χ0n) is 12.8. The molecule has 1 rings (SSSR count). The largest absolute Gasteiger partial charge is 0.391 e. The molecule has 0 aromatic heterocycles. The molecule has 0 aliphatic carbocycles. The van der Waals surface area contributed by atoms with E-state index in [1.165, 1.54) is 13.8 Å². The summed E-state index contributed by atoms with van der Waals surface area (Å²) in [5.41, 5.74) is 8.91. The zero-order valence-corrected chi connectivity index (χ0v) is 13.7. The first-order chi connectivity index (χ1) is 9.02. The minimum atomic E-state index is -3.39. The quantitative estimate of drug-likeness (QED) is 0.864. The summed E-state index contributed by atoms with van der Waals surface area (Å²) >= 11 is 0. The Bertz CT molecular complexity index is 579. The van der Waals surface area contributed by atoms with E-state index in [0.717, 1.165) is 22.9 Å². The van der Waals surface area contributed by atoms with Gasteiger partial charge in [0.2, 0.25) is 0 Å². The lowest BCUT2D eigenvalue weighted by molar-refractivity contribution is 0.110. The van der Waals surface area contributed by atoms with Crippen LogP contribution in [0.15, 0.2) is 18.2 Å². The minimum Gasteiger partial charge on any atom is -0.391 e. The molecule has 0 amide bonds. The molecule has 0 bridgehead atoms. The molecule has 4 nitrogen and oxygen atoms in total. The van der Waals surface area contributed by atoms with Gasteiger partial charge in [0.15, 0.2) is 9.84 Å². The Kier molecular flexibility index (Phi) is 5.00. The van der Waals surface area contributed by atoms with Crippen LogP contribution < -0.4 is 5.73 Å². The van der Waals surface area contributed by atoms with E-state index in [0.29, 0.717) is 0 Å². The number of nitrogens with two attached hydrogens (primary N) is 1. The third-order valence-electron chi connectivity index (χ3n) is 4.26. The van der Waals surface area contributed by atoms with Gasteiger partial charge in [-0.05, 0) is 44.4 Å². The Balaban J connectivity index is 3.22. The van der Waals surface area contributed by atoms with Crippen LogP contribution in [0.2, 0.25) is 0 Å². The van der Waals surface area contributed by atoms with Crippen LogP contribution in [0, 0.1) is 13.8 Å². The fraction of sp³-hybridized carbons (Fsp3) is 0.600. The average Bonchev–Trinajstić information content (AvgIpc) is 2.33. The monoisotopic (exact) mass is 299 g/mol. The van der Waals surface area contributed by atoms with Crippen molar-refractivity contribution in [3.63, 3.8) is 0 Å². The van der Waals surface area contributed by atoms with Crippen LogP contribution in [0.25, 0.3) is 0 Å². The third kappa shape index (κ3) is 3.22. The summed E-state index contributed by atoms with van der Waals surface area (Å²) in [6.07, 6.45) is 0.0918. The Labute approximate surface area is 121 Å². The minimum absolute atomic E-state index is 0.197. The molecule has 0 saturated heterocycles. The van der Waals surface area contributed by atoms with Crippen molar-refractivity contribution in [3.05, 3.63) is 34.9 Å². The van der Waals surface area contributed by atoms with Gasteiger partial charge < -0.3 is 10.8 Å². The maximum atomic E-state index is 11.9. The molecule has 5 heteroatoms. The highest BCUT2D eigenvalue weighted by atomic mass is 32.2. The van der Waals surface area contributed by atoms with Crippen molar-refractivity contribution < 1.29 is 13.5 Å². The number of aliphatic hydroxyl groups is 1. The summed E-state index contributed by atoms with van der Waals surface area (Å²) in [5, 5.41) is 10.5. The van der Waals surface area contributed by atoms with Gasteiger partial charge >= 0.3 is 0 Å². The molecule has 0 aliphatic heterocycles. The molecule has 1 aromatic rings. The predicted octanol–water partition coefficient (Wildman–Crippen LogP) is 1.53. The maximum absolute atomic E-state index is 11.9. The van der Waals surface area contributed by atoms with Crippen LogP contribution in [0.4, 0.5) is 0 Å². The number of sulfone groups is 1. The summed E-state index contributed by atoms with van der Waals surface area (Å²) in [6, 6.07) is 5.84. The van der Waals surface area contributed by atoms with Gasteiger partial charge in [-0.1, -0.05) is 18.2 Å². The summed E-state index contributed by atoms with van der Waals surface area (Å²) < 4.78 is 22.5. The van der Waals surface area contributed by atoms with Crippen molar-refractivity contribution in [2.45, 2.75) is 44.5 Å². The number of hydrogen-bond acceptors (Lipinski definition) is 4. The van der Waals surface area contributed by atoms with Crippen LogP contribution in [0.1, 0.15) is 36.5 Å². The lowest BCUT2D eigenvalue weighted by Gasteiger charge is -2.34. The molecule has 0 aliphatic rings. The van der Waals surface area contributed by atoms with Gasteiger partial charge in [-0.2, -0.15) is 0 Å². The average molecular weight is 299 g/mol. The summed E-state index contributed by atoms with van der Waals surface area (Å²) in [4.78, 5) is 0. The van der Waals surface area contributed by atoms with E-state index in [2.05, 4.69) is 0 Å². The van der Waals surface area contributed by atoms with Crippen LogP contribution in [0.5, 0.6) is 0 Å². The third-order valence-corrected chi connectivity index (χ3v) is 6.41. The molecule has 0 heterocycles. The molecular weight excluding hydrogens is 274 g/mol. The first-order valence-electron chi connectivity index (χ1n) is 6.67. The number of benzene rings is 1. The Morgan fingerprint density at radius 2 is 1.80 bits per heavy atom. The second kappa shape index (κ2) is 5.84. The predicted molar refractivity (Wildman–Crippen MR) is 82.6 cm³/mol. The number of rotatable bonds is 5. The van der Waals surface area contributed by atoms with Crippen molar-refractivity contribution in [3.8, 4) is 0 Å². The summed E-state index contributed by atoms with van der Waals surface area (Å²) in [5.74, 6) is -0.404. The van der Waals surface area contributed by atoms with Gasteiger partial charge in [0, 0.05) is 18.7 Å². The highest BCUT2D eigenvalue weighted by Gasteiger charge is 2.42. The van der Waals surface area contributed by atoms with Gasteiger partial charge in [0.05, 0.1) is 10.9 Å². The molecule has 1 aromatic carbocycles. The molecule has 2 atom stereocenters. The van der Waals surface area contributed by atoms with Gasteiger partial charge in [-0.15, -0.1) is 0 Å². The van der Waals surface area contributed by atoms with E-state index in [4.69, 9.17) is 5.73 Å². The van der Waals surface area contributed by atoms with Gasteiger partial charge in [-0.3, -0.25) is 0 Å².